The van der Waals surface area contributed by atoms with Crippen LogP contribution in [0.2, 0.25) is 10.0 Å². The molecule has 2 N–H and O–H groups in total. The van der Waals surface area contributed by atoms with E-state index in [1.165, 1.54) is 30.3 Å². The molecule has 3 aromatic rings. The number of carbonyl (C=O) groups is 4. The highest BCUT2D eigenvalue weighted by Gasteiger charge is 2.37. The number of hydrogen-bond donors (Lipinski definition) is 2. The van der Waals surface area contributed by atoms with Crippen molar-refractivity contribution >= 4 is 64.4 Å². The van der Waals surface area contributed by atoms with Gasteiger partial charge in [-0.3, -0.25) is 19.7 Å². The van der Waals surface area contributed by atoms with Crippen LogP contribution in [0.15, 0.2) is 72.3 Å². The van der Waals surface area contributed by atoms with Crippen molar-refractivity contribution in [2.24, 2.45) is 0 Å². The molecule has 5 amide bonds. The summed E-state index contributed by atoms with van der Waals surface area (Å²) in [5.74, 6) is -1.97. The van der Waals surface area contributed by atoms with Gasteiger partial charge in [-0.2, -0.15) is 0 Å². The van der Waals surface area contributed by atoms with Gasteiger partial charge in [-0.1, -0.05) is 47.5 Å². The smallest absolute Gasteiger partial charge is 0.335 e. The topological polar surface area (TPSA) is 105 Å². The van der Waals surface area contributed by atoms with E-state index in [4.69, 9.17) is 27.9 Å². The SMILES string of the molecule is Cc1cccc(NC(=O)COc2ccc(Cl)cc2/C=C2\C(=O)NC(=O)N(c3ccccc3Cl)C2=O)c1. The minimum Gasteiger partial charge on any atom is -0.483 e. The molecule has 0 radical (unpaired) electrons. The Balaban J connectivity index is 1.59. The molecule has 4 rings (SSSR count). The molecule has 8 nitrogen and oxygen atoms in total. The molecule has 0 aromatic heterocycles. The van der Waals surface area contributed by atoms with Crippen LogP contribution in [0.1, 0.15) is 11.1 Å². The zero-order valence-corrected chi connectivity index (χ0v) is 20.4. The molecule has 0 unspecified atom stereocenters. The van der Waals surface area contributed by atoms with E-state index in [0.717, 1.165) is 10.5 Å². The molecule has 0 spiro atoms. The second kappa shape index (κ2) is 10.6. The van der Waals surface area contributed by atoms with Crippen molar-refractivity contribution in [3.05, 3.63) is 93.5 Å². The summed E-state index contributed by atoms with van der Waals surface area (Å²) < 4.78 is 5.66. The summed E-state index contributed by atoms with van der Waals surface area (Å²) in [5, 5.41) is 5.33. The van der Waals surface area contributed by atoms with E-state index in [0.29, 0.717) is 10.7 Å². The Kier molecular flexibility index (Phi) is 7.38. The standard InChI is InChI=1S/C26H19Cl2N3O5/c1-15-5-4-6-18(11-15)29-23(32)14-36-22-10-9-17(27)12-16(22)13-19-24(33)30-26(35)31(25(19)34)21-8-3-2-7-20(21)28/h2-13H,14H2,1H3,(H,29,32)(H,30,33,35)/b19-13+. The summed E-state index contributed by atoms with van der Waals surface area (Å²) in [5.41, 5.74) is 1.65. The summed E-state index contributed by atoms with van der Waals surface area (Å²) in [4.78, 5) is 51.3. The molecule has 1 fully saturated rings. The van der Waals surface area contributed by atoms with Gasteiger partial charge in [0.15, 0.2) is 6.61 Å². The number of halogens is 2. The first kappa shape index (κ1) is 25.0. The van der Waals surface area contributed by atoms with Crippen molar-refractivity contribution in [3.8, 4) is 5.75 Å². The number of anilines is 2. The fraction of sp³-hybridized carbons (Fsp3) is 0.0769. The van der Waals surface area contributed by atoms with Gasteiger partial charge in [0.2, 0.25) is 0 Å². The van der Waals surface area contributed by atoms with E-state index in [9.17, 15) is 19.2 Å². The van der Waals surface area contributed by atoms with Crippen LogP contribution < -0.4 is 20.3 Å². The van der Waals surface area contributed by atoms with Gasteiger partial charge in [-0.15, -0.1) is 0 Å². The Morgan fingerprint density at radius 2 is 1.81 bits per heavy atom. The molecule has 0 atom stereocenters. The Bertz CT molecular complexity index is 1420. The van der Waals surface area contributed by atoms with Gasteiger partial charge < -0.3 is 10.1 Å². The third kappa shape index (κ3) is 5.56. The molecular weight excluding hydrogens is 505 g/mol. The lowest BCUT2D eigenvalue weighted by Crippen LogP contribution is -2.54. The maximum atomic E-state index is 13.2. The monoisotopic (exact) mass is 523 g/mol. The largest absolute Gasteiger partial charge is 0.483 e. The lowest BCUT2D eigenvalue weighted by Gasteiger charge is -2.27. The Morgan fingerprint density at radius 3 is 2.56 bits per heavy atom. The zero-order valence-electron chi connectivity index (χ0n) is 18.9. The minimum absolute atomic E-state index is 0.121. The van der Waals surface area contributed by atoms with E-state index in [1.807, 2.05) is 25.1 Å². The maximum Gasteiger partial charge on any atom is 0.335 e. The summed E-state index contributed by atoms with van der Waals surface area (Å²) in [7, 11) is 0. The second-order valence-electron chi connectivity index (χ2n) is 7.80. The molecule has 182 valence electrons. The number of urea groups is 1. The van der Waals surface area contributed by atoms with E-state index in [2.05, 4.69) is 10.6 Å². The average molecular weight is 524 g/mol. The van der Waals surface area contributed by atoms with Crippen LogP contribution >= 0.6 is 23.2 Å². The number of nitrogens with one attached hydrogen (secondary N) is 2. The van der Waals surface area contributed by atoms with Crippen LogP contribution in [-0.2, 0) is 14.4 Å². The highest BCUT2D eigenvalue weighted by molar-refractivity contribution is 6.42. The quantitative estimate of drug-likeness (QED) is 0.350. The van der Waals surface area contributed by atoms with Gasteiger partial charge >= 0.3 is 6.03 Å². The first-order chi connectivity index (χ1) is 17.2. The molecule has 1 aliphatic heterocycles. The third-order valence-corrected chi connectivity index (χ3v) is 5.68. The number of imide groups is 2. The molecule has 0 saturated carbocycles. The molecule has 36 heavy (non-hydrogen) atoms. The van der Waals surface area contributed by atoms with Crippen molar-refractivity contribution < 1.29 is 23.9 Å². The summed E-state index contributed by atoms with van der Waals surface area (Å²) in [6, 6.07) is 17.1. The predicted octanol–water partition coefficient (Wildman–Crippen LogP) is 4.99. The van der Waals surface area contributed by atoms with Crippen molar-refractivity contribution in [1.29, 1.82) is 0 Å². The van der Waals surface area contributed by atoms with E-state index in [1.54, 1.807) is 24.3 Å². The van der Waals surface area contributed by atoms with Crippen LogP contribution in [0, 0.1) is 6.92 Å². The van der Waals surface area contributed by atoms with E-state index in [-0.39, 0.29) is 34.2 Å². The number of rotatable bonds is 6. The third-order valence-electron chi connectivity index (χ3n) is 5.13. The number of aryl methyl sites for hydroxylation is 1. The minimum atomic E-state index is -0.925. The predicted molar refractivity (Wildman–Crippen MR) is 137 cm³/mol. The lowest BCUT2D eigenvalue weighted by atomic mass is 10.1. The van der Waals surface area contributed by atoms with Crippen LogP contribution in [0.4, 0.5) is 16.2 Å². The van der Waals surface area contributed by atoms with Crippen LogP contribution in [-0.4, -0.2) is 30.4 Å². The van der Waals surface area contributed by atoms with E-state index < -0.39 is 23.8 Å². The number of nitrogens with zero attached hydrogens (tertiary/aromatic N) is 1. The summed E-state index contributed by atoms with van der Waals surface area (Å²) >= 11 is 12.3. The van der Waals surface area contributed by atoms with Crippen LogP contribution in [0.3, 0.4) is 0 Å². The number of para-hydroxylation sites is 1. The van der Waals surface area contributed by atoms with Gasteiger partial charge in [0.05, 0.1) is 10.7 Å². The van der Waals surface area contributed by atoms with Crippen molar-refractivity contribution in [2.45, 2.75) is 6.92 Å². The average Bonchev–Trinajstić information content (AvgIpc) is 2.82. The molecule has 1 aliphatic rings. The number of hydrogen-bond acceptors (Lipinski definition) is 5. The van der Waals surface area contributed by atoms with Crippen LogP contribution in [0.25, 0.3) is 6.08 Å². The van der Waals surface area contributed by atoms with Gasteiger partial charge in [0.25, 0.3) is 17.7 Å². The Morgan fingerprint density at radius 1 is 1.03 bits per heavy atom. The number of carbonyl (C=O) groups excluding carboxylic acids is 4. The Labute approximate surface area is 216 Å². The molecule has 10 heteroatoms. The Hall–Kier alpha value is -4.14. The highest BCUT2D eigenvalue weighted by Crippen LogP contribution is 2.30. The number of barbiturate groups is 1. The molecule has 0 aliphatic carbocycles. The molecule has 3 aromatic carbocycles. The van der Waals surface area contributed by atoms with Crippen molar-refractivity contribution in [3.63, 3.8) is 0 Å². The van der Waals surface area contributed by atoms with Crippen molar-refractivity contribution in [1.82, 2.24) is 5.32 Å². The van der Waals surface area contributed by atoms with Gasteiger partial charge in [-0.25, -0.2) is 9.69 Å². The van der Waals surface area contributed by atoms with Gasteiger partial charge in [0, 0.05) is 16.3 Å². The van der Waals surface area contributed by atoms with E-state index >= 15 is 0 Å². The van der Waals surface area contributed by atoms with Gasteiger partial charge in [0.1, 0.15) is 11.3 Å². The first-order valence-electron chi connectivity index (χ1n) is 10.7. The number of benzene rings is 3. The first-order valence-corrected chi connectivity index (χ1v) is 11.4. The number of amides is 5. The lowest BCUT2D eigenvalue weighted by molar-refractivity contribution is -0.122. The summed E-state index contributed by atoms with van der Waals surface area (Å²) in [6.45, 7) is 1.57. The zero-order chi connectivity index (χ0) is 25.8. The molecule has 1 saturated heterocycles. The normalized spacial score (nSPS) is 14.6. The maximum absolute atomic E-state index is 13.2. The molecule has 0 bridgehead atoms. The second-order valence-corrected chi connectivity index (χ2v) is 8.64. The van der Waals surface area contributed by atoms with Gasteiger partial charge in [-0.05, 0) is 61.0 Å². The fourth-order valence-corrected chi connectivity index (χ4v) is 3.89. The highest BCUT2D eigenvalue weighted by atomic mass is 35.5. The van der Waals surface area contributed by atoms with Crippen molar-refractivity contribution in [2.75, 3.05) is 16.8 Å². The fourth-order valence-electron chi connectivity index (χ4n) is 3.49. The number of ether oxygens (including phenoxy) is 1. The van der Waals surface area contributed by atoms with Crippen LogP contribution in [0.5, 0.6) is 5.75 Å². The molecular formula is C26H19Cl2N3O5. The molecule has 1 heterocycles. The summed E-state index contributed by atoms with van der Waals surface area (Å²) in [6.07, 6.45) is 1.24.